The Labute approximate surface area is 133 Å². The van der Waals surface area contributed by atoms with Crippen LogP contribution in [0.15, 0.2) is 18.2 Å². The number of aryl methyl sites for hydroxylation is 1. The largest absolute Gasteiger partial charge is 0.323 e. The number of aromatic nitrogens is 1. The molecule has 1 aromatic heterocycles. The van der Waals surface area contributed by atoms with Crippen molar-refractivity contribution in [3.8, 4) is 0 Å². The molecule has 2 N–H and O–H groups in total. The van der Waals surface area contributed by atoms with E-state index in [0.29, 0.717) is 16.5 Å². The maximum atomic E-state index is 6.16. The molecule has 2 nitrogen and oxygen atoms in total. The van der Waals surface area contributed by atoms with Gasteiger partial charge in [-0.3, -0.25) is 0 Å². The molecule has 0 aliphatic rings. The van der Waals surface area contributed by atoms with Gasteiger partial charge in [0, 0.05) is 27.4 Å². The molecule has 2 rings (SSSR count). The highest BCUT2D eigenvalue weighted by Crippen LogP contribution is 2.28. The van der Waals surface area contributed by atoms with Gasteiger partial charge in [0.2, 0.25) is 0 Å². The average Bonchev–Trinajstić information content (AvgIpc) is 2.64. The molecule has 0 spiro atoms. The minimum Gasteiger partial charge on any atom is -0.323 e. The number of halogens is 3. The van der Waals surface area contributed by atoms with Crippen LogP contribution < -0.4 is 5.73 Å². The fourth-order valence-corrected chi connectivity index (χ4v) is 3.31. The SMILES string of the molecule is Cc1nc(Cc2ccc(Cl)cc2Cl)sc1C(C)N.Cl. The van der Waals surface area contributed by atoms with E-state index in [-0.39, 0.29) is 18.4 Å². The Morgan fingerprint density at radius 2 is 2.05 bits per heavy atom. The first-order valence-corrected chi connectivity index (χ1v) is 7.20. The maximum absolute atomic E-state index is 6.16. The Hall–Kier alpha value is -0.320. The van der Waals surface area contributed by atoms with Gasteiger partial charge in [0.25, 0.3) is 0 Å². The average molecular weight is 338 g/mol. The standard InChI is InChI=1S/C13H14Cl2N2S.ClH/c1-7(16)13-8(2)17-12(18-13)5-9-3-4-10(14)6-11(9)15;/h3-4,6-7H,5,16H2,1-2H3;1H. The second-order valence-electron chi connectivity index (χ2n) is 4.26. The Kier molecular flexibility index (Phi) is 6.09. The monoisotopic (exact) mass is 336 g/mol. The zero-order chi connectivity index (χ0) is 13.3. The normalized spacial score (nSPS) is 12.1. The van der Waals surface area contributed by atoms with E-state index in [9.17, 15) is 0 Å². The lowest BCUT2D eigenvalue weighted by atomic mass is 10.1. The Morgan fingerprint density at radius 1 is 1.37 bits per heavy atom. The number of nitrogens with two attached hydrogens (primary N) is 1. The maximum Gasteiger partial charge on any atom is 0.0975 e. The van der Waals surface area contributed by atoms with E-state index in [1.54, 1.807) is 17.4 Å². The molecule has 0 amide bonds. The molecule has 0 aliphatic heterocycles. The summed E-state index contributed by atoms with van der Waals surface area (Å²) in [6.45, 7) is 3.96. The van der Waals surface area contributed by atoms with Gasteiger partial charge in [-0.15, -0.1) is 23.7 Å². The van der Waals surface area contributed by atoms with Crippen LogP contribution in [0.3, 0.4) is 0 Å². The summed E-state index contributed by atoms with van der Waals surface area (Å²) in [7, 11) is 0. The number of thiazole rings is 1. The fraction of sp³-hybridized carbons (Fsp3) is 0.308. The summed E-state index contributed by atoms with van der Waals surface area (Å²) in [6, 6.07) is 5.56. The lowest BCUT2D eigenvalue weighted by molar-refractivity contribution is 0.825. The minimum atomic E-state index is 0. The van der Waals surface area contributed by atoms with E-state index in [0.717, 1.165) is 21.1 Å². The van der Waals surface area contributed by atoms with Crippen molar-refractivity contribution in [2.75, 3.05) is 0 Å². The van der Waals surface area contributed by atoms with Gasteiger partial charge >= 0.3 is 0 Å². The second-order valence-corrected chi connectivity index (χ2v) is 6.22. The van der Waals surface area contributed by atoms with Gasteiger partial charge in [-0.25, -0.2) is 4.98 Å². The Bertz CT molecular complexity index is 567. The summed E-state index contributed by atoms with van der Waals surface area (Å²) in [5, 5.41) is 2.36. The summed E-state index contributed by atoms with van der Waals surface area (Å²) >= 11 is 13.7. The first kappa shape index (κ1) is 16.7. The van der Waals surface area contributed by atoms with Crippen LogP contribution in [0.4, 0.5) is 0 Å². The zero-order valence-corrected chi connectivity index (χ0v) is 13.8. The molecule has 0 bridgehead atoms. The molecule has 0 saturated heterocycles. The summed E-state index contributed by atoms with van der Waals surface area (Å²) in [6.07, 6.45) is 0.716. The number of rotatable bonds is 3. The van der Waals surface area contributed by atoms with Gasteiger partial charge in [0.1, 0.15) is 0 Å². The third-order valence-corrected chi connectivity index (χ3v) is 4.59. The Morgan fingerprint density at radius 3 is 2.58 bits per heavy atom. The summed E-state index contributed by atoms with van der Waals surface area (Å²) in [4.78, 5) is 5.67. The lowest BCUT2D eigenvalue weighted by Crippen LogP contribution is -2.03. The van der Waals surface area contributed by atoms with Gasteiger partial charge < -0.3 is 5.73 Å². The molecule has 0 radical (unpaired) electrons. The lowest BCUT2D eigenvalue weighted by Gasteiger charge is -2.02. The van der Waals surface area contributed by atoms with Crippen LogP contribution in [-0.4, -0.2) is 4.98 Å². The molecule has 1 aromatic carbocycles. The third kappa shape index (κ3) is 4.07. The molecule has 6 heteroatoms. The molecule has 1 atom stereocenters. The van der Waals surface area contributed by atoms with Gasteiger partial charge in [0.15, 0.2) is 0 Å². The molecule has 19 heavy (non-hydrogen) atoms. The molecule has 0 saturated carbocycles. The number of benzene rings is 1. The van der Waals surface area contributed by atoms with Crippen LogP contribution in [0.5, 0.6) is 0 Å². The van der Waals surface area contributed by atoms with Crippen molar-refractivity contribution >= 4 is 46.9 Å². The van der Waals surface area contributed by atoms with Crippen LogP contribution in [0.25, 0.3) is 0 Å². The quantitative estimate of drug-likeness (QED) is 0.874. The minimum absolute atomic E-state index is 0. The van der Waals surface area contributed by atoms with E-state index < -0.39 is 0 Å². The highest BCUT2D eigenvalue weighted by molar-refractivity contribution is 7.11. The van der Waals surface area contributed by atoms with Crippen LogP contribution >= 0.6 is 46.9 Å². The summed E-state index contributed by atoms with van der Waals surface area (Å²) in [5.41, 5.74) is 7.94. The zero-order valence-electron chi connectivity index (χ0n) is 10.6. The van der Waals surface area contributed by atoms with E-state index in [1.165, 1.54) is 0 Å². The van der Waals surface area contributed by atoms with Crippen molar-refractivity contribution in [2.45, 2.75) is 26.3 Å². The molecule has 0 aliphatic carbocycles. The van der Waals surface area contributed by atoms with Crippen molar-refractivity contribution < 1.29 is 0 Å². The molecule has 1 unspecified atom stereocenters. The first-order chi connectivity index (χ1) is 8.47. The topological polar surface area (TPSA) is 38.9 Å². The number of nitrogens with zero attached hydrogens (tertiary/aromatic N) is 1. The molecular weight excluding hydrogens is 323 g/mol. The van der Waals surface area contributed by atoms with Crippen LogP contribution in [-0.2, 0) is 6.42 Å². The predicted molar refractivity (Wildman–Crippen MR) is 86.0 cm³/mol. The van der Waals surface area contributed by atoms with Crippen molar-refractivity contribution in [2.24, 2.45) is 5.73 Å². The molecular formula is C13H15Cl3N2S. The summed E-state index contributed by atoms with van der Waals surface area (Å²) < 4.78 is 0. The van der Waals surface area contributed by atoms with E-state index in [4.69, 9.17) is 28.9 Å². The van der Waals surface area contributed by atoms with Gasteiger partial charge in [0.05, 0.1) is 10.7 Å². The molecule has 0 fully saturated rings. The van der Waals surface area contributed by atoms with Crippen molar-refractivity contribution in [3.05, 3.63) is 49.4 Å². The smallest absolute Gasteiger partial charge is 0.0975 e. The van der Waals surface area contributed by atoms with Crippen molar-refractivity contribution in [1.82, 2.24) is 4.98 Å². The predicted octanol–water partition coefficient (Wildman–Crippen LogP) is 4.79. The van der Waals surface area contributed by atoms with Gasteiger partial charge in [-0.2, -0.15) is 0 Å². The van der Waals surface area contributed by atoms with Crippen molar-refractivity contribution in [1.29, 1.82) is 0 Å². The van der Waals surface area contributed by atoms with E-state index in [1.807, 2.05) is 26.0 Å². The van der Waals surface area contributed by atoms with Crippen molar-refractivity contribution in [3.63, 3.8) is 0 Å². The molecule has 2 aromatic rings. The Balaban J connectivity index is 0.00000180. The van der Waals surface area contributed by atoms with E-state index in [2.05, 4.69) is 4.98 Å². The van der Waals surface area contributed by atoms with Gasteiger partial charge in [-0.05, 0) is 31.5 Å². The van der Waals surface area contributed by atoms with Crippen LogP contribution in [0.1, 0.15) is 34.1 Å². The fourth-order valence-electron chi connectivity index (χ4n) is 1.79. The highest BCUT2D eigenvalue weighted by Gasteiger charge is 2.12. The first-order valence-electron chi connectivity index (χ1n) is 5.63. The van der Waals surface area contributed by atoms with E-state index >= 15 is 0 Å². The number of hydrogen-bond donors (Lipinski definition) is 1. The number of hydrogen-bond acceptors (Lipinski definition) is 3. The van der Waals surface area contributed by atoms with Gasteiger partial charge in [-0.1, -0.05) is 29.3 Å². The molecule has 104 valence electrons. The summed E-state index contributed by atoms with van der Waals surface area (Å²) in [5.74, 6) is 0. The second kappa shape index (κ2) is 6.91. The molecule has 1 heterocycles. The third-order valence-electron chi connectivity index (χ3n) is 2.65. The van der Waals surface area contributed by atoms with Crippen LogP contribution in [0, 0.1) is 6.92 Å². The highest BCUT2D eigenvalue weighted by atomic mass is 35.5. The van der Waals surface area contributed by atoms with Crippen LogP contribution in [0.2, 0.25) is 10.0 Å².